The standard InChI is InChI=1S/C12H10N2S/c13-15-11-7-3-1-5-9(11)14-10-6-2-4-8-12(10)15/h1-8H,13H2. The molecule has 1 unspecified atom stereocenters. The molecule has 2 aromatic carbocycles. The van der Waals surface area contributed by atoms with Crippen molar-refractivity contribution in [3.8, 4) is 0 Å². The number of hydrogen-bond acceptors (Lipinski definition) is 2. The highest BCUT2D eigenvalue weighted by molar-refractivity contribution is 8.07. The third-order valence-corrected chi connectivity index (χ3v) is 4.08. The van der Waals surface area contributed by atoms with Gasteiger partial charge in [0, 0.05) is 9.41 Å². The first-order valence-electron chi connectivity index (χ1n) is 4.75. The second-order valence-electron chi connectivity index (χ2n) is 3.39. The van der Waals surface area contributed by atoms with Gasteiger partial charge in [0.05, 0.1) is 11.0 Å². The van der Waals surface area contributed by atoms with Crippen molar-refractivity contribution >= 4 is 16.4 Å². The Hall–Kier alpha value is -1.45. The summed E-state index contributed by atoms with van der Waals surface area (Å²) in [6.07, 6.45) is 0. The molecule has 0 saturated heterocycles. The topological polar surface area (TPSA) is 38.4 Å². The van der Waals surface area contributed by atoms with Crippen LogP contribution in [-0.2, 0) is 0 Å². The first kappa shape index (κ1) is 8.83. The highest BCUT2D eigenvalue weighted by atomic mass is 32.2. The van der Waals surface area contributed by atoms with E-state index < -0.39 is 0 Å². The highest BCUT2D eigenvalue weighted by Gasteiger charge is 2.07. The molecule has 2 nitrogen and oxygen atoms in total. The molecule has 0 aromatic heterocycles. The van der Waals surface area contributed by atoms with Crippen molar-refractivity contribution in [3.05, 3.63) is 58.4 Å². The van der Waals surface area contributed by atoms with Gasteiger partial charge in [-0.05, 0) is 24.3 Å². The number of benzene rings is 2. The molecule has 0 amide bonds. The van der Waals surface area contributed by atoms with Crippen LogP contribution in [0.25, 0.3) is 0 Å². The van der Waals surface area contributed by atoms with E-state index in [1.165, 1.54) is 0 Å². The van der Waals surface area contributed by atoms with Gasteiger partial charge >= 0.3 is 0 Å². The lowest BCUT2D eigenvalue weighted by Gasteiger charge is -2.11. The maximum Gasteiger partial charge on any atom is 0.0781 e. The van der Waals surface area contributed by atoms with Crippen LogP contribution in [0.3, 0.4) is 0 Å². The first-order valence-corrected chi connectivity index (χ1v) is 6.03. The van der Waals surface area contributed by atoms with Gasteiger partial charge in [0.1, 0.15) is 0 Å². The minimum absolute atomic E-state index is 0.334. The van der Waals surface area contributed by atoms with Crippen LogP contribution in [0.4, 0.5) is 5.69 Å². The molecule has 74 valence electrons. The molecule has 15 heavy (non-hydrogen) atoms. The number of fused-ring (bicyclic) bond motifs is 2. The molecule has 0 aliphatic carbocycles. The van der Waals surface area contributed by atoms with Crippen LogP contribution in [0, 0.1) is 4.51 Å². The van der Waals surface area contributed by atoms with E-state index in [1.807, 2.05) is 36.4 Å². The van der Waals surface area contributed by atoms with Gasteiger partial charge in [0.15, 0.2) is 0 Å². The van der Waals surface area contributed by atoms with Gasteiger partial charge in [-0.1, -0.05) is 34.9 Å². The van der Waals surface area contributed by atoms with Crippen molar-refractivity contribution in [3.63, 3.8) is 0 Å². The van der Waals surface area contributed by atoms with E-state index >= 15 is 0 Å². The van der Waals surface area contributed by atoms with Gasteiger partial charge < -0.3 is 0 Å². The van der Waals surface area contributed by atoms with E-state index in [9.17, 15) is 0 Å². The van der Waals surface area contributed by atoms with Gasteiger partial charge in [-0.25, -0.2) is 4.99 Å². The quantitative estimate of drug-likeness (QED) is 0.672. The summed E-state index contributed by atoms with van der Waals surface area (Å²) in [6, 6.07) is 16.1. The predicted molar refractivity (Wildman–Crippen MR) is 62.6 cm³/mol. The van der Waals surface area contributed by atoms with Crippen molar-refractivity contribution in [2.75, 3.05) is 0 Å². The molecule has 3 heteroatoms. The molecular weight excluding hydrogens is 204 g/mol. The Labute approximate surface area is 90.1 Å². The molecule has 2 aromatic rings. The van der Waals surface area contributed by atoms with E-state index in [1.54, 1.807) is 0 Å². The van der Waals surface area contributed by atoms with Crippen LogP contribution in [0.5, 0.6) is 0 Å². The highest BCUT2D eigenvalue weighted by Crippen LogP contribution is 2.33. The zero-order valence-corrected chi connectivity index (χ0v) is 8.87. The summed E-state index contributed by atoms with van der Waals surface area (Å²) in [7, 11) is -0.334. The minimum Gasteiger partial charge on any atom is -0.279 e. The average Bonchev–Trinajstić information content (AvgIpc) is 2.30. The van der Waals surface area contributed by atoms with Gasteiger partial charge in [0.2, 0.25) is 0 Å². The van der Waals surface area contributed by atoms with E-state index in [-0.39, 0.29) is 10.7 Å². The largest absolute Gasteiger partial charge is 0.279 e. The fraction of sp³-hybridized carbons (Fsp3) is 0. The van der Waals surface area contributed by atoms with E-state index in [0.29, 0.717) is 0 Å². The zero-order chi connectivity index (χ0) is 10.3. The van der Waals surface area contributed by atoms with Gasteiger partial charge in [0.25, 0.3) is 0 Å². The third-order valence-electron chi connectivity index (χ3n) is 2.45. The summed E-state index contributed by atoms with van der Waals surface area (Å²) in [4.78, 5) is 5.72. The lowest BCUT2D eigenvalue weighted by Crippen LogP contribution is -2.08. The monoisotopic (exact) mass is 214 g/mol. The number of nitrogens with zero attached hydrogens (tertiary/aromatic N) is 1. The SMILES string of the molecule is NS1=c2ccccc2=Nc2ccccc21. The Bertz CT molecular complexity index is 647. The van der Waals surface area contributed by atoms with Gasteiger partial charge in [-0.2, -0.15) is 0 Å². The Balaban J connectivity index is 2.50. The molecule has 1 atom stereocenters. The third kappa shape index (κ3) is 1.32. The van der Waals surface area contributed by atoms with Gasteiger partial charge in [-0.3, -0.25) is 5.14 Å². The molecule has 3 rings (SSSR count). The fourth-order valence-electron chi connectivity index (χ4n) is 1.72. The smallest absolute Gasteiger partial charge is 0.0781 e. The lowest BCUT2D eigenvalue weighted by molar-refractivity contribution is 1.24. The summed E-state index contributed by atoms with van der Waals surface area (Å²) in [5, 5.41) is 7.23. The molecule has 0 fully saturated rings. The number of rotatable bonds is 0. The van der Waals surface area contributed by atoms with Crippen LogP contribution >= 0.6 is 10.7 Å². The molecule has 2 N–H and O–H groups in total. The summed E-state index contributed by atoms with van der Waals surface area (Å²) < 4.78 is 1.14. The molecule has 0 saturated carbocycles. The van der Waals surface area contributed by atoms with Crippen molar-refractivity contribution in [1.82, 2.24) is 0 Å². The average molecular weight is 214 g/mol. The molecule has 1 aliphatic heterocycles. The number of hydrogen-bond donors (Lipinski definition) is 1. The second kappa shape index (κ2) is 3.29. The molecule has 1 heterocycles. The normalized spacial score (nSPS) is 17.5. The van der Waals surface area contributed by atoms with Crippen molar-refractivity contribution in [2.24, 2.45) is 10.1 Å². The van der Waals surface area contributed by atoms with Crippen LogP contribution in [0.15, 0.2) is 58.4 Å². The number of para-hydroxylation sites is 2. The van der Waals surface area contributed by atoms with Crippen LogP contribution < -0.4 is 10.5 Å². The molecule has 1 aliphatic rings. The van der Waals surface area contributed by atoms with Crippen LogP contribution in [-0.4, -0.2) is 0 Å². The van der Waals surface area contributed by atoms with E-state index in [0.717, 1.165) is 20.5 Å². The Morgan fingerprint density at radius 3 is 2.60 bits per heavy atom. The summed E-state index contributed by atoms with van der Waals surface area (Å²) in [5.41, 5.74) is 1.00. The van der Waals surface area contributed by atoms with Crippen LogP contribution in [0.2, 0.25) is 0 Å². The summed E-state index contributed by atoms with van der Waals surface area (Å²) in [6.45, 7) is 0. The first-order chi connectivity index (χ1) is 7.36. The van der Waals surface area contributed by atoms with Crippen molar-refractivity contribution in [2.45, 2.75) is 4.90 Å². The predicted octanol–water partition coefficient (Wildman–Crippen LogP) is 2.40. The van der Waals surface area contributed by atoms with E-state index in [4.69, 9.17) is 5.14 Å². The second-order valence-corrected chi connectivity index (χ2v) is 4.94. The van der Waals surface area contributed by atoms with Crippen molar-refractivity contribution < 1.29 is 0 Å². The van der Waals surface area contributed by atoms with E-state index in [2.05, 4.69) is 17.1 Å². The minimum atomic E-state index is -0.334. The molecule has 0 spiro atoms. The van der Waals surface area contributed by atoms with Crippen molar-refractivity contribution in [1.29, 1.82) is 0 Å². The summed E-state index contributed by atoms with van der Waals surface area (Å²) >= 11 is 0. The Morgan fingerprint density at radius 2 is 1.67 bits per heavy atom. The van der Waals surface area contributed by atoms with Crippen LogP contribution in [0.1, 0.15) is 0 Å². The Morgan fingerprint density at radius 1 is 0.933 bits per heavy atom. The lowest BCUT2D eigenvalue weighted by atomic mass is 10.3. The molecule has 0 bridgehead atoms. The maximum atomic E-state index is 6.23. The van der Waals surface area contributed by atoms with Gasteiger partial charge in [-0.15, -0.1) is 0 Å². The Kier molecular flexibility index (Phi) is 1.94. The molecular formula is C12H10N2S. The maximum absolute atomic E-state index is 6.23. The fourth-order valence-corrected chi connectivity index (χ4v) is 3.08. The zero-order valence-electron chi connectivity index (χ0n) is 8.05. The number of nitrogens with two attached hydrogens (primary N) is 1. The molecule has 0 radical (unpaired) electrons. The summed E-state index contributed by atoms with van der Waals surface area (Å²) in [5.74, 6) is 0.